The highest BCUT2D eigenvalue weighted by Gasteiger charge is 2.26. The molecule has 1 aliphatic heterocycles. The molecule has 0 radical (unpaired) electrons. The molecular formula is C16H16BrNO5. The molecule has 0 aliphatic carbocycles. The maximum absolute atomic E-state index is 11.0. The molecule has 2 heterocycles. The van der Waals surface area contributed by atoms with Gasteiger partial charge in [0.1, 0.15) is 5.69 Å². The van der Waals surface area contributed by atoms with E-state index >= 15 is 0 Å². The van der Waals surface area contributed by atoms with Gasteiger partial charge in [-0.25, -0.2) is 4.79 Å². The summed E-state index contributed by atoms with van der Waals surface area (Å²) in [7, 11) is 0. The SMILES string of the molecule is CC(C)c1c(-c2cc(C(=O)O)on2)cc(Br)c2c1OCCCO2. The van der Waals surface area contributed by atoms with Crippen LogP contribution in [0.4, 0.5) is 0 Å². The van der Waals surface area contributed by atoms with E-state index in [1.54, 1.807) is 0 Å². The van der Waals surface area contributed by atoms with E-state index in [1.165, 1.54) is 6.07 Å². The van der Waals surface area contributed by atoms with Crippen LogP contribution in [-0.2, 0) is 0 Å². The Bertz CT molecular complexity index is 753. The highest BCUT2D eigenvalue weighted by Crippen LogP contribution is 2.47. The van der Waals surface area contributed by atoms with Gasteiger partial charge in [-0.1, -0.05) is 19.0 Å². The summed E-state index contributed by atoms with van der Waals surface area (Å²) in [5.41, 5.74) is 2.16. The Hall–Kier alpha value is -2.02. The van der Waals surface area contributed by atoms with Crippen LogP contribution in [0.1, 0.15) is 42.3 Å². The summed E-state index contributed by atoms with van der Waals surface area (Å²) in [5.74, 6) is 0.151. The Balaban J connectivity index is 2.21. The first-order chi connectivity index (χ1) is 11.0. The Morgan fingerprint density at radius 3 is 2.57 bits per heavy atom. The number of aromatic nitrogens is 1. The molecule has 0 spiro atoms. The monoisotopic (exact) mass is 381 g/mol. The number of aromatic carboxylic acids is 1. The molecule has 0 saturated carbocycles. The van der Waals surface area contributed by atoms with Gasteiger partial charge < -0.3 is 19.1 Å². The first kappa shape index (κ1) is 15.9. The summed E-state index contributed by atoms with van der Waals surface area (Å²) in [4.78, 5) is 11.0. The molecule has 3 rings (SSSR count). The minimum absolute atomic E-state index is 0.138. The van der Waals surface area contributed by atoms with Crippen LogP contribution in [-0.4, -0.2) is 29.4 Å². The fourth-order valence-electron chi connectivity index (χ4n) is 2.60. The summed E-state index contributed by atoms with van der Waals surface area (Å²) in [6.45, 7) is 5.25. The number of carbonyl (C=O) groups is 1. The smallest absolute Gasteiger partial charge is 0.374 e. The Morgan fingerprint density at radius 1 is 1.26 bits per heavy atom. The van der Waals surface area contributed by atoms with Gasteiger partial charge in [-0.3, -0.25) is 0 Å². The van der Waals surface area contributed by atoms with Crippen molar-refractivity contribution < 1.29 is 23.9 Å². The van der Waals surface area contributed by atoms with Crippen molar-refractivity contribution in [3.8, 4) is 22.8 Å². The quantitative estimate of drug-likeness (QED) is 0.861. The molecule has 122 valence electrons. The number of ether oxygens (including phenoxy) is 2. The largest absolute Gasteiger partial charge is 0.489 e. The second-order valence-corrected chi connectivity index (χ2v) is 6.42. The molecular weight excluding hydrogens is 366 g/mol. The molecule has 1 aliphatic rings. The van der Waals surface area contributed by atoms with Crippen molar-refractivity contribution in [2.75, 3.05) is 13.2 Å². The van der Waals surface area contributed by atoms with Crippen LogP contribution in [0.2, 0.25) is 0 Å². The minimum Gasteiger partial charge on any atom is -0.489 e. The Kier molecular flexibility index (Phi) is 4.30. The van der Waals surface area contributed by atoms with Crippen molar-refractivity contribution in [1.29, 1.82) is 0 Å². The molecule has 1 aromatic heterocycles. The number of halogens is 1. The first-order valence-corrected chi connectivity index (χ1v) is 8.10. The van der Waals surface area contributed by atoms with Gasteiger partial charge in [0.2, 0.25) is 5.76 Å². The fourth-order valence-corrected chi connectivity index (χ4v) is 3.12. The number of carboxylic acids is 1. The molecule has 0 atom stereocenters. The van der Waals surface area contributed by atoms with Crippen LogP contribution < -0.4 is 9.47 Å². The topological polar surface area (TPSA) is 81.8 Å². The molecule has 7 heteroatoms. The van der Waals surface area contributed by atoms with Gasteiger partial charge in [-0.15, -0.1) is 0 Å². The lowest BCUT2D eigenvalue weighted by atomic mass is 9.93. The number of benzene rings is 1. The van der Waals surface area contributed by atoms with Crippen LogP contribution in [0.25, 0.3) is 11.3 Å². The van der Waals surface area contributed by atoms with E-state index in [9.17, 15) is 4.79 Å². The third-order valence-electron chi connectivity index (χ3n) is 3.58. The number of fused-ring (bicyclic) bond motifs is 1. The molecule has 0 fully saturated rings. The number of rotatable bonds is 3. The number of hydrogen-bond donors (Lipinski definition) is 1. The molecule has 0 amide bonds. The lowest BCUT2D eigenvalue weighted by molar-refractivity contribution is 0.0652. The van der Waals surface area contributed by atoms with Crippen molar-refractivity contribution in [3.05, 3.63) is 27.9 Å². The molecule has 6 nitrogen and oxygen atoms in total. The van der Waals surface area contributed by atoms with Gasteiger partial charge in [-0.05, 0) is 27.9 Å². The zero-order valence-electron chi connectivity index (χ0n) is 12.8. The van der Waals surface area contributed by atoms with Crippen LogP contribution in [0.15, 0.2) is 21.1 Å². The van der Waals surface area contributed by atoms with E-state index in [0.717, 1.165) is 22.0 Å². The maximum atomic E-state index is 11.0. The highest BCUT2D eigenvalue weighted by molar-refractivity contribution is 9.10. The van der Waals surface area contributed by atoms with Gasteiger partial charge >= 0.3 is 5.97 Å². The molecule has 0 unspecified atom stereocenters. The number of hydrogen-bond acceptors (Lipinski definition) is 5. The van der Waals surface area contributed by atoms with Gasteiger partial charge in [0.25, 0.3) is 0 Å². The van der Waals surface area contributed by atoms with Crippen LogP contribution >= 0.6 is 15.9 Å². The minimum atomic E-state index is -1.15. The lowest BCUT2D eigenvalue weighted by Crippen LogP contribution is -2.02. The lowest BCUT2D eigenvalue weighted by Gasteiger charge is -2.19. The van der Waals surface area contributed by atoms with E-state index in [2.05, 4.69) is 21.1 Å². The summed E-state index contributed by atoms with van der Waals surface area (Å²) in [6.07, 6.45) is 0.807. The van der Waals surface area contributed by atoms with E-state index in [4.69, 9.17) is 19.1 Å². The van der Waals surface area contributed by atoms with Crippen molar-refractivity contribution >= 4 is 21.9 Å². The zero-order chi connectivity index (χ0) is 16.6. The summed E-state index contributed by atoms with van der Waals surface area (Å²) >= 11 is 3.50. The predicted molar refractivity (Wildman–Crippen MR) is 86.3 cm³/mol. The van der Waals surface area contributed by atoms with Gasteiger partial charge in [0.05, 0.1) is 17.7 Å². The third kappa shape index (κ3) is 2.93. The van der Waals surface area contributed by atoms with E-state index in [1.807, 2.05) is 19.9 Å². The molecule has 1 aromatic carbocycles. The third-order valence-corrected chi connectivity index (χ3v) is 4.17. The van der Waals surface area contributed by atoms with Crippen molar-refractivity contribution in [3.63, 3.8) is 0 Å². The fraction of sp³-hybridized carbons (Fsp3) is 0.375. The predicted octanol–water partition coefficient (Wildman–Crippen LogP) is 4.09. The molecule has 1 N–H and O–H groups in total. The molecule has 0 bridgehead atoms. The average molecular weight is 382 g/mol. The second kappa shape index (κ2) is 6.23. The van der Waals surface area contributed by atoms with E-state index in [0.29, 0.717) is 30.4 Å². The Labute approximate surface area is 141 Å². The van der Waals surface area contributed by atoms with Crippen LogP contribution in [0.3, 0.4) is 0 Å². The Morgan fingerprint density at radius 2 is 1.96 bits per heavy atom. The van der Waals surface area contributed by atoms with Gasteiger partial charge in [0.15, 0.2) is 11.5 Å². The average Bonchev–Trinajstić information content (AvgIpc) is 2.86. The summed E-state index contributed by atoms with van der Waals surface area (Å²) < 4.78 is 17.3. The standard InChI is InChI=1S/C16H16BrNO5/c1-8(2)13-9(11-7-12(16(19)20)23-18-11)6-10(17)14-15(13)22-5-3-4-21-14/h6-8H,3-5H2,1-2H3,(H,19,20). The van der Waals surface area contributed by atoms with Crippen molar-refractivity contribution in [2.24, 2.45) is 0 Å². The van der Waals surface area contributed by atoms with Crippen molar-refractivity contribution in [2.45, 2.75) is 26.2 Å². The van der Waals surface area contributed by atoms with Crippen LogP contribution in [0, 0.1) is 0 Å². The normalized spacial score (nSPS) is 13.9. The molecule has 0 saturated heterocycles. The maximum Gasteiger partial charge on any atom is 0.374 e. The second-order valence-electron chi connectivity index (χ2n) is 5.56. The van der Waals surface area contributed by atoms with Gasteiger partial charge in [-0.2, -0.15) is 0 Å². The molecule has 23 heavy (non-hydrogen) atoms. The zero-order valence-corrected chi connectivity index (χ0v) is 14.3. The molecule has 2 aromatic rings. The summed E-state index contributed by atoms with van der Waals surface area (Å²) in [5, 5.41) is 12.9. The van der Waals surface area contributed by atoms with Crippen LogP contribution in [0.5, 0.6) is 11.5 Å². The highest BCUT2D eigenvalue weighted by atomic mass is 79.9. The number of carboxylic acid groups (broad SMARTS) is 1. The first-order valence-electron chi connectivity index (χ1n) is 7.31. The van der Waals surface area contributed by atoms with E-state index in [-0.39, 0.29) is 11.7 Å². The van der Waals surface area contributed by atoms with Gasteiger partial charge in [0, 0.05) is 23.6 Å². The summed E-state index contributed by atoms with van der Waals surface area (Å²) in [6, 6.07) is 3.28. The van der Waals surface area contributed by atoms with Crippen molar-refractivity contribution in [1.82, 2.24) is 5.16 Å². The number of nitrogens with zero attached hydrogens (tertiary/aromatic N) is 1. The van der Waals surface area contributed by atoms with E-state index < -0.39 is 5.97 Å².